The van der Waals surface area contributed by atoms with Gasteiger partial charge in [0.15, 0.2) is 0 Å². The summed E-state index contributed by atoms with van der Waals surface area (Å²) in [4.78, 5) is 2.43. The van der Waals surface area contributed by atoms with Gasteiger partial charge < -0.3 is 9.84 Å². The van der Waals surface area contributed by atoms with E-state index in [1.165, 1.54) is 9.79 Å². The molecule has 2 rings (SSSR count). The Balaban J connectivity index is 2.23. The van der Waals surface area contributed by atoms with Crippen molar-refractivity contribution < 1.29 is 9.84 Å². The predicted molar refractivity (Wildman–Crippen MR) is 106 cm³/mol. The van der Waals surface area contributed by atoms with Gasteiger partial charge in [-0.3, -0.25) is 0 Å². The van der Waals surface area contributed by atoms with Crippen molar-refractivity contribution in [3.8, 4) is 11.5 Å². The molecule has 0 spiro atoms. The molecule has 0 saturated heterocycles. The lowest BCUT2D eigenvalue weighted by molar-refractivity contribution is 0.408. The number of aryl methyl sites for hydroxylation is 4. The first-order chi connectivity index (χ1) is 11.1. The van der Waals surface area contributed by atoms with Gasteiger partial charge in [-0.05, 0) is 88.1 Å². The molecule has 0 aromatic heterocycles. The normalized spacial score (nSPS) is 11.6. The molecule has 2 nitrogen and oxygen atoms in total. The minimum atomic E-state index is -0.0245. The summed E-state index contributed by atoms with van der Waals surface area (Å²) in [6.07, 6.45) is 0. The number of ether oxygens (including phenoxy) is 1. The Labute approximate surface area is 154 Å². The molecule has 1 N–H and O–H groups in total. The molecule has 0 heterocycles. The molecule has 0 bridgehead atoms. The van der Waals surface area contributed by atoms with Crippen molar-refractivity contribution >= 4 is 23.5 Å². The van der Waals surface area contributed by atoms with E-state index in [0.29, 0.717) is 5.75 Å². The zero-order chi connectivity index (χ0) is 18.1. The molecular weight excluding hydrogens is 336 g/mol. The average Bonchev–Trinajstić information content (AvgIpc) is 2.43. The molecule has 0 radical (unpaired) electrons. The van der Waals surface area contributed by atoms with Crippen LogP contribution in [0.1, 0.15) is 36.1 Å². The van der Waals surface area contributed by atoms with Gasteiger partial charge in [0.2, 0.25) is 0 Å². The predicted octanol–water partition coefficient (Wildman–Crippen LogP) is 6.25. The van der Waals surface area contributed by atoms with Gasteiger partial charge in [0.25, 0.3) is 0 Å². The first kappa shape index (κ1) is 19.1. The van der Waals surface area contributed by atoms with Gasteiger partial charge in [0.1, 0.15) is 11.5 Å². The summed E-state index contributed by atoms with van der Waals surface area (Å²) in [5, 5.41) is 9.95. The molecule has 0 aliphatic carbocycles. The molecule has 2 aromatic carbocycles. The maximum Gasteiger partial charge on any atom is 0.124 e. The van der Waals surface area contributed by atoms with Gasteiger partial charge in [0.05, 0.1) is 11.2 Å². The Morgan fingerprint density at radius 2 is 1.17 bits per heavy atom. The van der Waals surface area contributed by atoms with Crippen molar-refractivity contribution in [2.45, 2.75) is 55.4 Å². The van der Waals surface area contributed by atoms with Crippen molar-refractivity contribution in [1.82, 2.24) is 0 Å². The number of thioether (sulfide) groups is 2. The first-order valence-electron chi connectivity index (χ1n) is 7.96. The van der Waals surface area contributed by atoms with Crippen LogP contribution < -0.4 is 4.74 Å². The maximum absolute atomic E-state index is 9.95. The Bertz CT molecular complexity index is 705. The summed E-state index contributed by atoms with van der Waals surface area (Å²) in [5.74, 6) is 1.36. The van der Waals surface area contributed by atoms with Crippen molar-refractivity contribution in [3.05, 3.63) is 46.5 Å². The highest BCUT2D eigenvalue weighted by Crippen LogP contribution is 2.47. The topological polar surface area (TPSA) is 29.5 Å². The van der Waals surface area contributed by atoms with E-state index >= 15 is 0 Å². The zero-order valence-electron chi connectivity index (χ0n) is 15.5. The van der Waals surface area contributed by atoms with E-state index in [9.17, 15) is 5.11 Å². The van der Waals surface area contributed by atoms with E-state index in [1.54, 1.807) is 7.11 Å². The molecule has 0 amide bonds. The monoisotopic (exact) mass is 362 g/mol. The minimum absolute atomic E-state index is 0.0245. The highest BCUT2D eigenvalue weighted by Gasteiger charge is 2.23. The van der Waals surface area contributed by atoms with Gasteiger partial charge in [0, 0.05) is 9.79 Å². The van der Waals surface area contributed by atoms with Crippen LogP contribution in [0.3, 0.4) is 0 Å². The average molecular weight is 363 g/mol. The summed E-state index contributed by atoms with van der Waals surface area (Å²) in [6.45, 7) is 12.5. The largest absolute Gasteiger partial charge is 0.507 e. The number of benzene rings is 2. The lowest BCUT2D eigenvalue weighted by Crippen LogP contribution is -2.08. The highest BCUT2D eigenvalue weighted by molar-refractivity contribution is 8.18. The highest BCUT2D eigenvalue weighted by atomic mass is 32.2. The quantitative estimate of drug-likeness (QED) is 0.502. The van der Waals surface area contributed by atoms with Crippen LogP contribution in [0.4, 0.5) is 0 Å². The fraction of sp³-hybridized carbons (Fsp3) is 0.400. The SMILES string of the molecule is COc1c(C)cc(SC(C)(C)Sc2cc(C)c(O)c(C)c2)cc1C. The molecule has 24 heavy (non-hydrogen) atoms. The number of rotatable bonds is 5. The number of phenols is 1. The summed E-state index contributed by atoms with van der Waals surface area (Å²) in [6, 6.07) is 8.48. The van der Waals surface area contributed by atoms with Crippen molar-refractivity contribution in [3.63, 3.8) is 0 Å². The number of methoxy groups -OCH3 is 1. The van der Waals surface area contributed by atoms with Crippen LogP contribution in [0.2, 0.25) is 0 Å². The van der Waals surface area contributed by atoms with Crippen LogP contribution in [-0.4, -0.2) is 16.3 Å². The third-order valence-corrected chi connectivity index (χ3v) is 6.26. The van der Waals surface area contributed by atoms with Gasteiger partial charge in [-0.1, -0.05) is 0 Å². The third kappa shape index (κ3) is 4.42. The van der Waals surface area contributed by atoms with E-state index in [-0.39, 0.29) is 4.08 Å². The number of hydrogen-bond donors (Lipinski definition) is 1. The standard InChI is InChI=1S/C20H26O2S2/c1-12-8-16(9-13(2)18(12)21)23-20(5,6)24-17-10-14(3)19(22-7)15(4)11-17/h8-11,21H,1-7H3. The second-order valence-corrected chi connectivity index (χ2v) is 10.3. The van der Waals surface area contributed by atoms with Gasteiger partial charge in [-0.15, -0.1) is 23.5 Å². The molecule has 4 heteroatoms. The molecule has 0 unspecified atom stereocenters. The molecule has 2 aromatic rings. The molecule has 0 aliphatic heterocycles. The lowest BCUT2D eigenvalue weighted by Gasteiger charge is -2.25. The van der Waals surface area contributed by atoms with Crippen LogP contribution in [0.25, 0.3) is 0 Å². The molecule has 0 atom stereocenters. The Morgan fingerprint density at radius 3 is 1.54 bits per heavy atom. The Hall–Kier alpha value is -1.26. The van der Waals surface area contributed by atoms with Crippen LogP contribution in [-0.2, 0) is 0 Å². The summed E-state index contributed by atoms with van der Waals surface area (Å²) >= 11 is 3.67. The molecule has 0 aliphatic rings. The van der Waals surface area contributed by atoms with Crippen LogP contribution in [0.15, 0.2) is 34.1 Å². The second kappa shape index (κ2) is 7.32. The van der Waals surface area contributed by atoms with Crippen LogP contribution >= 0.6 is 23.5 Å². The number of phenolic OH excluding ortho intramolecular Hbond substituents is 1. The van der Waals surface area contributed by atoms with Crippen LogP contribution in [0, 0.1) is 27.7 Å². The Kier molecular flexibility index (Phi) is 5.82. The molecular formula is C20H26O2S2. The van der Waals surface area contributed by atoms with Gasteiger partial charge in [-0.2, -0.15) is 0 Å². The van der Waals surface area contributed by atoms with E-state index in [2.05, 4.69) is 52.0 Å². The van der Waals surface area contributed by atoms with Crippen molar-refractivity contribution in [2.75, 3.05) is 7.11 Å². The lowest BCUT2D eigenvalue weighted by atomic mass is 10.1. The third-order valence-electron chi connectivity index (χ3n) is 3.83. The van der Waals surface area contributed by atoms with Crippen LogP contribution in [0.5, 0.6) is 11.5 Å². The van der Waals surface area contributed by atoms with E-state index in [4.69, 9.17) is 4.74 Å². The minimum Gasteiger partial charge on any atom is -0.507 e. The molecule has 0 fully saturated rings. The first-order valence-corrected chi connectivity index (χ1v) is 9.59. The number of aromatic hydroxyl groups is 1. The summed E-state index contributed by atoms with van der Waals surface area (Å²) in [5.41, 5.74) is 4.18. The zero-order valence-corrected chi connectivity index (χ0v) is 17.1. The fourth-order valence-corrected chi connectivity index (χ4v) is 5.68. The fourth-order valence-electron chi connectivity index (χ4n) is 2.85. The summed E-state index contributed by atoms with van der Waals surface area (Å²) in [7, 11) is 1.72. The van der Waals surface area contributed by atoms with Crippen molar-refractivity contribution in [2.24, 2.45) is 0 Å². The molecule has 130 valence electrons. The Morgan fingerprint density at radius 1 is 0.792 bits per heavy atom. The summed E-state index contributed by atoms with van der Waals surface area (Å²) < 4.78 is 5.43. The van der Waals surface area contributed by atoms with E-state index in [1.807, 2.05) is 37.4 Å². The second-order valence-electron chi connectivity index (χ2n) is 6.60. The number of hydrogen-bond acceptors (Lipinski definition) is 4. The van der Waals surface area contributed by atoms with Gasteiger partial charge in [-0.25, -0.2) is 0 Å². The molecule has 0 saturated carbocycles. The van der Waals surface area contributed by atoms with Crippen molar-refractivity contribution in [1.29, 1.82) is 0 Å². The van der Waals surface area contributed by atoms with Gasteiger partial charge >= 0.3 is 0 Å². The smallest absolute Gasteiger partial charge is 0.124 e. The van der Waals surface area contributed by atoms with E-state index < -0.39 is 0 Å². The van der Waals surface area contributed by atoms with E-state index in [0.717, 1.165) is 28.0 Å². The maximum atomic E-state index is 9.95.